The smallest absolute Gasteiger partial charge is 0.330 e. The number of amides is 1. The van der Waals surface area contributed by atoms with Gasteiger partial charge in [-0.05, 0) is 63.2 Å². The third-order valence-corrected chi connectivity index (χ3v) is 5.09. The molecule has 0 spiro atoms. The minimum atomic E-state index is -0.451. The minimum Gasteiger partial charge on any atom is -0.452 e. The van der Waals surface area contributed by atoms with Crippen LogP contribution in [0.2, 0.25) is 0 Å². The lowest BCUT2D eigenvalue weighted by Crippen LogP contribution is -2.60. The molecule has 4 saturated carbocycles. The number of ether oxygens (including phenoxy) is 1. The van der Waals surface area contributed by atoms with E-state index in [1.54, 1.807) is 13.0 Å². The van der Waals surface area contributed by atoms with Crippen molar-refractivity contribution in [2.45, 2.75) is 51.0 Å². The molecule has 4 rings (SSSR count). The maximum atomic E-state index is 12.0. The van der Waals surface area contributed by atoms with E-state index >= 15 is 0 Å². The molecular formula is C16H23NO3. The average Bonchev–Trinajstić information content (AvgIpc) is 2.34. The summed E-state index contributed by atoms with van der Waals surface area (Å²) in [6.07, 6.45) is 10.4. The van der Waals surface area contributed by atoms with Crippen molar-refractivity contribution in [1.82, 2.24) is 5.32 Å². The number of carbonyl (C=O) groups excluding carboxylic acids is 2. The molecule has 1 N–H and O–H groups in total. The summed E-state index contributed by atoms with van der Waals surface area (Å²) in [5.41, 5.74) is -0.00115. The number of allylic oxidation sites excluding steroid dienone is 1. The van der Waals surface area contributed by atoms with Gasteiger partial charge in [-0.2, -0.15) is 0 Å². The quantitative estimate of drug-likeness (QED) is 0.633. The Balaban J connectivity index is 1.55. The first-order valence-electron chi connectivity index (χ1n) is 7.69. The molecule has 20 heavy (non-hydrogen) atoms. The lowest BCUT2D eigenvalue weighted by Gasteiger charge is -2.56. The molecule has 4 aliphatic rings. The van der Waals surface area contributed by atoms with Gasteiger partial charge in [-0.3, -0.25) is 4.79 Å². The second-order valence-corrected chi connectivity index (χ2v) is 6.85. The Kier molecular flexibility index (Phi) is 3.57. The number of carbonyl (C=O) groups is 2. The molecule has 0 saturated heterocycles. The molecule has 4 nitrogen and oxygen atoms in total. The topological polar surface area (TPSA) is 55.4 Å². The number of rotatable bonds is 4. The first-order chi connectivity index (χ1) is 9.58. The molecule has 4 fully saturated rings. The molecule has 4 bridgehead atoms. The van der Waals surface area contributed by atoms with Crippen LogP contribution in [0.25, 0.3) is 0 Å². The Hall–Kier alpha value is -1.32. The fraction of sp³-hybridized carbons (Fsp3) is 0.750. The summed E-state index contributed by atoms with van der Waals surface area (Å²) < 4.78 is 4.92. The Morgan fingerprint density at radius 1 is 1.15 bits per heavy atom. The van der Waals surface area contributed by atoms with Crippen molar-refractivity contribution in [2.75, 3.05) is 6.61 Å². The molecule has 0 radical (unpaired) electrons. The average molecular weight is 277 g/mol. The van der Waals surface area contributed by atoms with E-state index in [2.05, 4.69) is 5.32 Å². The van der Waals surface area contributed by atoms with Crippen LogP contribution >= 0.6 is 0 Å². The molecule has 0 atom stereocenters. The molecule has 4 heteroatoms. The molecule has 0 aromatic heterocycles. The van der Waals surface area contributed by atoms with Crippen molar-refractivity contribution < 1.29 is 14.3 Å². The minimum absolute atomic E-state index is 0.00115. The Bertz CT molecular complexity index is 406. The largest absolute Gasteiger partial charge is 0.452 e. The lowest BCUT2D eigenvalue weighted by atomic mass is 9.53. The fourth-order valence-corrected chi connectivity index (χ4v) is 4.92. The van der Waals surface area contributed by atoms with Gasteiger partial charge >= 0.3 is 5.97 Å². The van der Waals surface area contributed by atoms with Crippen LogP contribution in [0.3, 0.4) is 0 Å². The van der Waals surface area contributed by atoms with Gasteiger partial charge in [0.2, 0.25) is 0 Å². The summed E-state index contributed by atoms with van der Waals surface area (Å²) in [5.74, 6) is 1.80. The third-order valence-electron chi connectivity index (χ3n) is 5.09. The van der Waals surface area contributed by atoms with E-state index in [-0.39, 0.29) is 18.1 Å². The van der Waals surface area contributed by atoms with Crippen molar-refractivity contribution in [1.29, 1.82) is 0 Å². The summed E-state index contributed by atoms with van der Waals surface area (Å²) in [5, 5.41) is 3.18. The number of nitrogens with one attached hydrogen (secondary N) is 1. The number of hydrogen-bond acceptors (Lipinski definition) is 3. The van der Waals surface area contributed by atoms with Crippen LogP contribution < -0.4 is 5.32 Å². The van der Waals surface area contributed by atoms with Gasteiger partial charge in [0, 0.05) is 11.6 Å². The summed E-state index contributed by atoms with van der Waals surface area (Å²) in [7, 11) is 0. The third kappa shape index (κ3) is 2.74. The standard InChI is InChI=1S/C16H23NO3/c1-2-3-15(19)20-10-14(18)17-16-7-11-4-12(8-16)6-13(5-11)9-16/h2-3,11-13H,4-10H2,1H3,(H,17,18). The molecule has 110 valence electrons. The molecule has 0 aromatic rings. The summed E-state index contributed by atoms with van der Waals surface area (Å²) in [4.78, 5) is 23.2. The van der Waals surface area contributed by atoms with Crippen molar-refractivity contribution in [3.8, 4) is 0 Å². The number of hydrogen-bond donors (Lipinski definition) is 1. The Labute approximate surface area is 119 Å². The molecule has 0 aromatic carbocycles. The van der Waals surface area contributed by atoms with E-state index in [1.165, 1.54) is 25.3 Å². The van der Waals surface area contributed by atoms with Crippen LogP contribution in [-0.2, 0) is 14.3 Å². The highest BCUT2D eigenvalue weighted by Gasteiger charge is 2.51. The highest BCUT2D eigenvalue weighted by Crippen LogP contribution is 2.55. The second-order valence-electron chi connectivity index (χ2n) is 6.85. The van der Waals surface area contributed by atoms with Gasteiger partial charge in [-0.15, -0.1) is 0 Å². The van der Waals surface area contributed by atoms with Gasteiger partial charge in [0.1, 0.15) is 0 Å². The zero-order valence-electron chi connectivity index (χ0n) is 12.1. The summed E-state index contributed by atoms with van der Waals surface area (Å²) in [6, 6.07) is 0. The Morgan fingerprint density at radius 3 is 2.20 bits per heavy atom. The van der Waals surface area contributed by atoms with Crippen molar-refractivity contribution in [3.05, 3.63) is 12.2 Å². The zero-order chi connectivity index (χ0) is 14.2. The van der Waals surface area contributed by atoms with Crippen LogP contribution in [-0.4, -0.2) is 24.0 Å². The second kappa shape index (κ2) is 5.23. The predicted octanol–water partition coefficient (Wildman–Crippen LogP) is 2.19. The normalized spacial score (nSPS) is 38.1. The molecule has 0 aliphatic heterocycles. The first-order valence-corrected chi connectivity index (χ1v) is 7.69. The van der Waals surface area contributed by atoms with Crippen molar-refractivity contribution in [3.63, 3.8) is 0 Å². The molecule has 0 unspecified atom stereocenters. The van der Waals surface area contributed by atoms with Crippen LogP contribution in [0.5, 0.6) is 0 Å². The summed E-state index contributed by atoms with van der Waals surface area (Å²) >= 11 is 0. The maximum Gasteiger partial charge on any atom is 0.330 e. The Morgan fingerprint density at radius 2 is 1.70 bits per heavy atom. The zero-order valence-corrected chi connectivity index (χ0v) is 12.1. The van der Waals surface area contributed by atoms with Gasteiger partial charge in [0.25, 0.3) is 5.91 Å². The summed E-state index contributed by atoms with van der Waals surface area (Å²) in [6.45, 7) is 1.59. The maximum absolute atomic E-state index is 12.0. The van der Waals surface area contributed by atoms with Gasteiger partial charge in [0.15, 0.2) is 6.61 Å². The van der Waals surface area contributed by atoms with E-state index < -0.39 is 5.97 Å². The van der Waals surface area contributed by atoms with E-state index in [4.69, 9.17) is 4.74 Å². The van der Waals surface area contributed by atoms with Crippen molar-refractivity contribution >= 4 is 11.9 Å². The van der Waals surface area contributed by atoms with Crippen LogP contribution in [0.15, 0.2) is 12.2 Å². The van der Waals surface area contributed by atoms with Gasteiger partial charge < -0.3 is 10.1 Å². The SMILES string of the molecule is CC=CC(=O)OCC(=O)NC12CC3CC(CC(C3)C1)C2. The van der Waals surface area contributed by atoms with E-state index in [1.807, 2.05) is 0 Å². The van der Waals surface area contributed by atoms with Crippen LogP contribution in [0.1, 0.15) is 45.4 Å². The molecular weight excluding hydrogens is 254 g/mol. The fourth-order valence-electron chi connectivity index (χ4n) is 4.92. The van der Waals surface area contributed by atoms with E-state index in [9.17, 15) is 9.59 Å². The molecule has 4 aliphatic carbocycles. The molecule has 1 amide bonds. The van der Waals surface area contributed by atoms with Crippen LogP contribution in [0.4, 0.5) is 0 Å². The van der Waals surface area contributed by atoms with E-state index in [0.29, 0.717) is 0 Å². The highest BCUT2D eigenvalue weighted by atomic mass is 16.5. The van der Waals surface area contributed by atoms with Crippen molar-refractivity contribution in [2.24, 2.45) is 17.8 Å². The van der Waals surface area contributed by atoms with Gasteiger partial charge in [0.05, 0.1) is 0 Å². The van der Waals surface area contributed by atoms with Crippen LogP contribution in [0, 0.1) is 17.8 Å². The predicted molar refractivity (Wildman–Crippen MR) is 74.8 cm³/mol. The number of esters is 1. The van der Waals surface area contributed by atoms with Gasteiger partial charge in [-0.1, -0.05) is 6.08 Å². The lowest BCUT2D eigenvalue weighted by molar-refractivity contribution is -0.145. The molecule has 0 heterocycles. The van der Waals surface area contributed by atoms with E-state index in [0.717, 1.165) is 37.0 Å². The monoisotopic (exact) mass is 277 g/mol. The highest BCUT2D eigenvalue weighted by molar-refractivity contribution is 5.85. The first kappa shape index (κ1) is 13.7. The van der Waals surface area contributed by atoms with Gasteiger partial charge in [-0.25, -0.2) is 4.79 Å².